The van der Waals surface area contributed by atoms with E-state index < -0.39 is 10.0 Å². The van der Waals surface area contributed by atoms with Gasteiger partial charge in [0.1, 0.15) is 0 Å². The molecule has 0 radical (unpaired) electrons. The standard InChI is InChI=1S/C12H17BrClNO2S2/c1-9-11(7-12(13)18-9)19(16,17)15-6-4-2-3-5-10(15)8-14/h7,10H,2-6,8H2,1H3. The summed E-state index contributed by atoms with van der Waals surface area (Å²) in [6.07, 6.45) is 3.89. The van der Waals surface area contributed by atoms with E-state index in [2.05, 4.69) is 15.9 Å². The molecule has 1 aromatic rings. The van der Waals surface area contributed by atoms with Gasteiger partial charge in [-0.3, -0.25) is 0 Å². The van der Waals surface area contributed by atoms with Gasteiger partial charge in [-0.15, -0.1) is 22.9 Å². The second kappa shape index (κ2) is 6.43. The molecule has 0 saturated carbocycles. The van der Waals surface area contributed by atoms with Crippen LogP contribution in [0.2, 0.25) is 0 Å². The van der Waals surface area contributed by atoms with Crippen molar-refractivity contribution in [3.8, 4) is 0 Å². The van der Waals surface area contributed by atoms with E-state index in [0.717, 1.165) is 34.3 Å². The molecule has 0 bridgehead atoms. The van der Waals surface area contributed by atoms with Crippen LogP contribution in [0.4, 0.5) is 0 Å². The number of halogens is 2. The van der Waals surface area contributed by atoms with Crippen LogP contribution >= 0.6 is 38.9 Å². The minimum Gasteiger partial charge on any atom is -0.207 e. The van der Waals surface area contributed by atoms with Crippen molar-refractivity contribution in [2.45, 2.75) is 43.5 Å². The average Bonchev–Trinajstić information content (AvgIpc) is 2.59. The molecule has 1 aromatic heterocycles. The highest BCUT2D eigenvalue weighted by molar-refractivity contribution is 9.11. The van der Waals surface area contributed by atoms with Gasteiger partial charge in [0.15, 0.2) is 0 Å². The van der Waals surface area contributed by atoms with E-state index in [1.165, 1.54) is 11.3 Å². The molecule has 1 aliphatic heterocycles. The molecule has 108 valence electrons. The fourth-order valence-corrected chi connectivity index (χ4v) is 6.92. The van der Waals surface area contributed by atoms with Gasteiger partial charge in [0.05, 0.1) is 8.68 Å². The SMILES string of the molecule is Cc1sc(Br)cc1S(=O)(=O)N1CCCCCC1CCl. The first-order valence-corrected chi connectivity index (χ1v) is 9.89. The fourth-order valence-electron chi connectivity index (χ4n) is 2.43. The molecule has 1 saturated heterocycles. The minimum atomic E-state index is -3.43. The Morgan fingerprint density at radius 3 is 2.79 bits per heavy atom. The van der Waals surface area contributed by atoms with Gasteiger partial charge in [-0.05, 0) is 41.8 Å². The molecule has 0 amide bonds. The molecule has 1 unspecified atom stereocenters. The first-order valence-electron chi connectivity index (χ1n) is 6.30. The molecule has 1 aliphatic rings. The van der Waals surface area contributed by atoms with Crippen LogP contribution in [0, 0.1) is 6.92 Å². The van der Waals surface area contributed by atoms with Gasteiger partial charge < -0.3 is 0 Å². The van der Waals surface area contributed by atoms with Gasteiger partial charge >= 0.3 is 0 Å². The Kier molecular flexibility index (Phi) is 5.34. The zero-order valence-electron chi connectivity index (χ0n) is 10.7. The lowest BCUT2D eigenvalue weighted by Gasteiger charge is -2.27. The molecule has 0 aromatic carbocycles. The molecule has 1 atom stereocenters. The molecule has 19 heavy (non-hydrogen) atoms. The van der Waals surface area contributed by atoms with Crippen molar-refractivity contribution in [3.05, 3.63) is 14.7 Å². The van der Waals surface area contributed by atoms with Crippen LogP contribution in [0.5, 0.6) is 0 Å². The molecule has 0 spiro atoms. The van der Waals surface area contributed by atoms with Crippen molar-refractivity contribution in [2.24, 2.45) is 0 Å². The predicted octanol–water partition coefficient (Wildman–Crippen LogP) is 3.99. The smallest absolute Gasteiger partial charge is 0.207 e. The van der Waals surface area contributed by atoms with Crippen molar-refractivity contribution >= 4 is 48.9 Å². The Morgan fingerprint density at radius 2 is 2.21 bits per heavy atom. The lowest BCUT2D eigenvalue weighted by molar-refractivity contribution is 0.345. The van der Waals surface area contributed by atoms with E-state index in [0.29, 0.717) is 17.3 Å². The molecule has 0 N–H and O–H groups in total. The summed E-state index contributed by atoms with van der Waals surface area (Å²) >= 11 is 10.8. The number of nitrogens with zero attached hydrogens (tertiary/aromatic N) is 1. The van der Waals surface area contributed by atoms with Crippen molar-refractivity contribution in [2.75, 3.05) is 12.4 Å². The summed E-state index contributed by atoms with van der Waals surface area (Å²) in [5.41, 5.74) is 0. The molecule has 2 rings (SSSR count). The number of hydrogen-bond donors (Lipinski definition) is 0. The van der Waals surface area contributed by atoms with E-state index in [4.69, 9.17) is 11.6 Å². The van der Waals surface area contributed by atoms with Crippen LogP contribution in [0.25, 0.3) is 0 Å². The second-order valence-corrected chi connectivity index (χ2v) is 9.55. The van der Waals surface area contributed by atoms with Crippen LogP contribution in [0.15, 0.2) is 14.7 Å². The van der Waals surface area contributed by atoms with E-state index in [-0.39, 0.29) is 6.04 Å². The van der Waals surface area contributed by atoms with Crippen LogP contribution in [-0.4, -0.2) is 31.2 Å². The van der Waals surface area contributed by atoms with E-state index in [1.807, 2.05) is 6.92 Å². The number of rotatable bonds is 3. The summed E-state index contributed by atoms with van der Waals surface area (Å²) in [7, 11) is -3.43. The molecule has 0 aliphatic carbocycles. The lowest BCUT2D eigenvalue weighted by atomic mass is 10.1. The summed E-state index contributed by atoms with van der Waals surface area (Å²) in [4.78, 5) is 1.24. The molecule has 1 fully saturated rings. The third-order valence-electron chi connectivity index (χ3n) is 3.43. The van der Waals surface area contributed by atoms with Crippen LogP contribution in [0.3, 0.4) is 0 Å². The van der Waals surface area contributed by atoms with Crippen LogP contribution in [-0.2, 0) is 10.0 Å². The van der Waals surface area contributed by atoms with Crippen LogP contribution in [0.1, 0.15) is 30.6 Å². The normalized spacial score (nSPS) is 22.4. The maximum absolute atomic E-state index is 12.8. The van der Waals surface area contributed by atoms with Crippen molar-refractivity contribution in [1.82, 2.24) is 4.31 Å². The van der Waals surface area contributed by atoms with E-state index >= 15 is 0 Å². The third kappa shape index (κ3) is 3.35. The van der Waals surface area contributed by atoms with Crippen molar-refractivity contribution < 1.29 is 8.42 Å². The largest absolute Gasteiger partial charge is 0.244 e. The number of alkyl halides is 1. The van der Waals surface area contributed by atoms with Crippen molar-refractivity contribution in [1.29, 1.82) is 0 Å². The summed E-state index contributed by atoms with van der Waals surface area (Å²) in [6, 6.07) is 1.62. The maximum Gasteiger partial charge on any atom is 0.244 e. The van der Waals surface area contributed by atoms with E-state index in [1.54, 1.807) is 10.4 Å². The Bertz CT molecular complexity index is 544. The third-order valence-corrected chi connectivity index (χ3v) is 7.55. The van der Waals surface area contributed by atoms with Gasteiger partial charge in [0.25, 0.3) is 0 Å². The van der Waals surface area contributed by atoms with Crippen LogP contribution < -0.4 is 0 Å². The quantitative estimate of drug-likeness (QED) is 0.737. The Balaban J connectivity index is 2.39. The maximum atomic E-state index is 12.8. The summed E-state index contributed by atoms with van der Waals surface area (Å²) in [5.74, 6) is 0.365. The highest BCUT2D eigenvalue weighted by Crippen LogP contribution is 2.33. The number of aryl methyl sites for hydroxylation is 1. The molecular weight excluding hydrogens is 370 g/mol. The lowest BCUT2D eigenvalue weighted by Crippen LogP contribution is -2.41. The predicted molar refractivity (Wildman–Crippen MR) is 83.6 cm³/mol. The summed E-state index contributed by atoms with van der Waals surface area (Å²) < 4.78 is 28.0. The molecule has 2 heterocycles. The first-order chi connectivity index (χ1) is 8.96. The highest BCUT2D eigenvalue weighted by atomic mass is 79.9. The van der Waals surface area contributed by atoms with Gasteiger partial charge in [-0.2, -0.15) is 4.31 Å². The highest BCUT2D eigenvalue weighted by Gasteiger charge is 2.33. The average molecular weight is 387 g/mol. The Hall–Kier alpha value is 0.380. The topological polar surface area (TPSA) is 37.4 Å². The van der Waals surface area contributed by atoms with E-state index in [9.17, 15) is 8.42 Å². The Morgan fingerprint density at radius 1 is 1.47 bits per heavy atom. The zero-order valence-corrected chi connectivity index (χ0v) is 14.7. The molecule has 7 heteroatoms. The number of hydrogen-bond acceptors (Lipinski definition) is 3. The van der Waals surface area contributed by atoms with Gasteiger partial charge in [-0.25, -0.2) is 8.42 Å². The van der Waals surface area contributed by atoms with Gasteiger partial charge in [-0.1, -0.05) is 12.8 Å². The van der Waals surface area contributed by atoms with Crippen molar-refractivity contribution in [3.63, 3.8) is 0 Å². The zero-order chi connectivity index (χ0) is 14.0. The van der Waals surface area contributed by atoms with Gasteiger partial charge in [0.2, 0.25) is 10.0 Å². The second-order valence-electron chi connectivity index (χ2n) is 4.74. The molecule has 3 nitrogen and oxygen atoms in total. The number of thiophene rings is 1. The monoisotopic (exact) mass is 385 g/mol. The first kappa shape index (κ1) is 15.8. The number of sulfonamides is 1. The molecular formula is C12H17BrClNO2S2. The summed E-state index contributed by atoms with van der Waals surface area (Å²) in [5, 5.41) is 0. The summed E-state index contributed by atoms with van der Waals surface area (Å²) in [6.45, 7) is 2.42. The Labute approximate surface area is 132 Å². The van der Waals surface area contributed by atoms with Gasteiger partial charge in [0, 0.05) is 23.3 Å². The fraction of sp³-hybridized carbons (Fsp3) is 0.667. The minimum absolute atomic E-state index is 0.0766.